The van der Waals surface area contributed by atoms with Crippen LogP contribution in [0.25, 0.3) is 12.2 Å². The molecule has 0 radical (unpaired) electrons. The smallest absolute Gasteiger partial charge is 0.0188 e. The molecule has 0 aromatic heterocycles. The number of hydrogen-bond acceptors (Lipinski definition) is 0. The molecule has 4 saturated carbocycles. The zero-order valence-corrected chi connectivity index (χ0v) is 24.3. The van der Waals surface area contributed by atoms with Crippen molar-refractivity contribution in [2.45, 2.75) is 113 Å². The molecule has 0 N–H and O–H groups in total. The van der Waals surface area contributed by atoms with Gasteiger partial charge in [-0.1, -0.05) is 103 Å². The second-order valence-electron chi connectivity index (χ2n) is 13.1. The monoisotopic (exact) mass is 476 g/mol. The van der Waals surface area contributed by atoms with E-state index in [4.69, 9.17) is 0 Å². The molecular formula is C35H56. The Morgan fingerprint density at radius 1 is 0.857 bits per heavy atom. The Bertz CT molecular complexity index is 832. The van der Waals surface area contributed by atoms with E-state index in [1.165, 1.54) is 43.2 Å². The van der Waals surface area contributed by atoms with Gasteiger partial charge in [-0.25, -0.2) is 0 Å². The molecule has 1 aromatic carbocycles. The summed E-state index contributed by atoms with van der Waals surface area (Å²) in [7, 11) is 0. The van der Waals surface area contributed by atoms with Gasteiger partial charge in [-0.3, -0.25) is 0 Å². The van der Waals surface area contributed by atoms with Crippen molar-refractivity contribution >= 4 is 12.2 Å². The molecular weight excluding hydrogens is 420 g/mol. The molecule has 5 rings (SSSR count). The number of benzene rings is 1. The van der Waals surface area contributed by atoms with Crippen molar-refractivity contribution in [3.63, 3.8) is 0 Å². The number of hydrogen-bond donors (Lipinski definition) is 0. The van der Waals surface area contributed by atoms with Crippen LogP contribution in [0.1, 0.15) is 124 Å². The number of fused-ring (bicyclic) bond motifs is 5. The van der Waals surface area contributed by atoms with Gasteiger partial charge in [0.2, 0.25) is 0 Å². The first kappa shape index (κ1) is 28.3. The van der Waals surface area contributed by atoms with Gasteiger partial charge in [0.1, 0.15) is 0 Å². The van der Waals surface area contributed by atoms with E-state index in [-0.39, 0.29) is 0 Å². The molecule has 4 aliphatic carbocycles. The third-order valence-corrected chi connectivity index (χ3v) is 11.0. The van der Waals surface area contributed by atoms with Crippen molar-refractivity contribution in [3.05, 3.63) is 48.0 Å². The zero-order chi connectivity index (χ0) is 25.6. The summed E-state index contributed by atoms with van der Waals surface area (Å²) in [5.74, 6) is 6.28. The van der Waals surface area contributed by atoms with Gasteiger partial charge in [-0.15, -0.1) is 0 Å². The van der Waals surface area contributed by atoms with Crippen LogP contribution >= 0.6 is 0 Å². The maximum atomic E-state index is 3.74. The Labute approximate surface area is 219 Å². The van der Waals surface area contributed by atoms with E-state index in [1.54, 1.807) is 32.1 Å². The van der Waals surface area contributed by atoms with Crippen LogP contribution in [-0.4, -0.2) is 0 Å². The highest BCUT2D eigenvalue weighted by atomic mass is 14.6. The van der Waals surface area contributed by atoms with Crippen molar-refractivity contribution < 1.29 is 0 Å². The lowest BCUT2D eigenvalue weighted by Crippen LogP contribution is -2.53. The third-order valence-electron chi connectivity index (χ3n) is 11.0. The van der Waals surface area contributed by atoms with Gasteiger partial charge in [-0.2, -0.15) is 0 Å². The molecule has 4 aliphatic rings. The van der Waals surface area contributed by atoms with E-state index in [0.717, 1.165) is 35.5 Å². The molecule has 8 unspecified atom stereocenters. The average molecular weight is 477 g/mol. The van der Waals surface area contributed by atoms with Gasteiger partial charge in [0, 0.05) is 0 Å². The summed E-state index contributed by atoms with van der Waals surface area (Å²) in [5, 5.41) is 0. The van der Waals surface area contributed by atoms with Crippen LogP contribution < -0.4 is 0 Å². The Kier molecular flexibility index (Phi) is 9.93. The minimum atomic E-state index is 0.701. The minimum absolute atomic E-state index is 0.701. The molecule has 8 atom stereocenters. The van der Waals surface area contributed by atoms with E-state index in [9.17, 15) is 0 Å². The lowest BCUT2D eigenvalue weighted by Gasteiger charge is -2.61. The Hall–Kier alpha value is -1.30. The molecule has 196 valence electrons. The molecule has 0 heterocycles. The highest BCUT2D eigenvalue weighted by Crippen LogP contribution is 2.67. The molecule has 0 amide bonds. The Morgan fingerprint density at radius 3 is 2.14 bits per heavy atom. The van der Waals surface area contributed by atoms with Gasteiger partial charge in [0.25, 0.3) is 0 Å². The van der Waals surface area contributed by atoms with E-state index in [2.05, 4.69) is 66.3 Å². The van der Waals surface area contributed by atoms with E-state index >= 15 is 0 Å². The topological polar surface area (TPSA) is 0 Å². The SMILES string of the molecule is C=Cc1ccccc1/C=C\C.CC1CCC2(C)C(CCC3C4CCC(C)C4(C)CCC32)C1.CCC. The predicted molar refractivity (Wildman–Crippen MR) is 157 cm³/mol. The van der Waals surface area contributed by atoms with Crippen LogP contribution in [0.5, 0.6) is 0 Å². The zero-order valence-electron chi connectivity index (χ0n) is 24.3. The third kappa shape index (κ3) is 5.83. The summed E-state index contributed by atoms with van der Waals surface area (Å²) in [6.07, 6.45) is 21.1. The van der Waals surface area contributed by atoms with E-state index < -0.39 is 0 Å². The molecule has 0 nitrogen and oxygen atoms in total. The van der Waals surface area contributed by atoms with E-state index in [0.29, 0.717) is 10.8 Å². The average Bonchev–Trinajstić information content (AvgIpc) is 3.15. The van der Waals surface area contributed by atoms with Gasteiger partial charge in [0.15, 0.2) is 0 Å². The summed E-state index contributed by atoms with van der Waals surface area (Å²) < 4.78 is 0. The second-order valence-corrected chi connectivity index (χ2v) is 13.1. The molecule has 1 aromatic rings. The van der Waals surface area contributed by atoms with Crippen molar-refractivity contribution in [2.75, 3.05) is 0 Å². The molecule has 4 fully saturated rings. The summed E-state index contributed by atoms with van der Waals surface area (Å²) in [4.78, 5) is 0. The summed E-state index contributed by atoms with van der Waals surface area (Å²) in [5.41, 5.74) is 3.82. The molecule has 35 heavy (non-hydrogen) atoms. The molecule has 0 aliphatic heterocycles. The highest BCUT2D eigenvalue weighted by molar-refractivity contribution is 5.63. The van der Waals surface area contributed by atoms with Crippen molar-refractivity contribution in [1.82, 2.24) is 0 Å². The predicted octanol–water partition coefficient (Wildman–Crippen LogP) is 11.1. The van der Waals surface area contributed by atoms with Gasteiger partial charge < -0.3 is 0 Å². The molecule has 0 saturated heterocycles. The maximum absolute atomic E-state index is 3.74. The minimum Gasteiger partial charge on any atom is -0.0984 e. The second kappa shape index (κ2) is 12.3. The number of rotatable bonds is 2. The molecule has 0 heteroatoms. The fourth-order valence-corrected chi connectivity index (χ4v) is 8.76. The first-order valence-electron chi connectivity index (χ1n) is 15.1. The summed E-state index contributed by atoms with van der Waals surface area (Å²) in [6, 6.07) is 8.19. The van der Waals surface area contributed by atoms with Crippen LogP contribution in [0.2, 0.25) is 0 Å². The molecule has 0 spiro atoms. The van der Waals surface area contributed by atoms with Gasteiger partial charge in [0.05, 0.1) is 0 Å². The molecule has 0 bridgehead atoms. The van der Waals surface area contributed by atoms with Crippen LogP contribution in [0.3, 0.4) is 0 Å². The lowest BCUT2D eigenvalue weighted by molar-refractivity contribution is -0.115. The maximum Gasteiger partial charge on any atom is -0.0188 e. The quantitative estimate of drug-likeness (QED) is 0.398. The number of allylic oxidation sites excluding steroid dienone is 1. The first-order chi connectivity index (χ1) is 16.7. The standard InChI is InChI=1S/C21H36.C11H12.C3H8/c1-14-9-11-21(4)16(13-14)6-7-17-18-8-5-15(2)20(18,3)12-10-19(17)21;1-3-7-11-9-6-5-8-10(11)4-2;1-3-2/h14-19H,5-13H2,1-4H3;3-9H,2H2,1H3;3H2,1-2H3/b;7-3-;. The van der Waals surface area contributed by atoms with E-state index in [1.807, 2.05) is 31.2 Å². The first-order valence-corrected chi connectivity index (χ1v) is 15.1. The van der Waals surface area contributed by atoms with Crippen molar-refractivity contribution in [3.8, 4) is 0 Å². The summed E-state index contributed by atoms with van der Waals surface area (Å²) in [6.45, 7) is 20.4. The van der Waals surface area contributed by atoms with Crippen LogP contribution in [0, 0.1) is 46.3 Å². The van der Waals surface area contributed by atoms with Crippen molar-refractivity contribution in [1.29, 1.82) is 0 Å². The normalized spacial score (nSPS) is 39.7. The van der Waals surface area contributed by atoms with Crippen molar-refractivity contribution in [2.24, 2.45) is 46.3 Å². The van der Waals surface area contributed by atoms with Crippen LogP contribution in [0.15, 0.2) is 36.9 Å². The van der Waals surface area contributed by atoms with Gasteiger partial charge in [-0.05, 0) is 116 Å². The fourth-order valence-electron chi connectivity index (χ4n) is 8.76. The van der Waals surface area contributed by atoms with Crippen LogP contribution in [-0.2, 0) is 0 Å². The Balaban J connectivity index is 0.000000207. The van der Waals surface area contributed by atoms with Crippen LogP contribution in [0.4, 0.5) is 0 Å². The lowest BCUT2D eigenvalue weighted by atomic mass is 9.44. The largest absolute Gasteiger partial charge is 0.0984 e. The highest BCUT2D eigenvalue weighted by Gasteiger charge is 2.59. The summed E-state index contributed by atoms with van der Waals surface area (Å²) >= 11 is 0. The fraction of sp³-hybridized carbons (Fsp3) is 0.714. The van der Waals surface area contributed by atoms with Gasteiger partial charge >= 0.3 is 0 Å². The Morgan fingerprint density at radius 2 is 1.49 bits per heavy atom.